The van der Waals surface area contributed by atoms with Gasteiger partial charge in [0.25, 0.3) is 0 Å². The highest BCUT2D eigenvalue weighted by Crippen LogP contribution is 2.32. The molecule has 0 radical (unpaired) electrons. The molecule has 2 aromatic heterocycles. The maximum absolute atomic E-state index is 12.5. The van der Waals surface area contributed by atoms with Crippen LogP contribution in [0.1, 0.15) is 143 Å². The number of fused-ring (bicyclic) bond motifs is 1. The van der Waals surface area contributed by atoms with E-state index in [1.54, 1.807) is 10.7 Å². The van der Waals surface area contributed by atoms with E-state index >= 15 is 0 Å². The minimum absolute atomic E-state index is 0.0744. The van der Waals surface area contributed by atoms with Gasteiger partial charge in [0.15, 0.2) is 11.5 Å². The molecular weight excluding hydrogens is 574 g/mol. The molecule has 0 aliphatic rings. The summed E-state index contributed by atoms with van der Waals surface area (Å²) in [6.07, 6.45) is 19.9. The van der Waals surface area contributed by atoms with Gasteiger partial charge in [0.2, 0.25) is 5.91 Å². The van der Waals surface area contributed by atoms with Crippen molar-refractivity contribution in [3.05, 3.63) is 35.0 Å². The Morgan fingerprint density at radius 2 is 1.48 bits per heavy atom. The fraction of sp³-hybridized carbons (Fsp3) is 0.657. The van der Waals surface area contributed by atoms with E-state index in [0.717, 1.165) is 24.1 Å². The number of aromatic nitrogens is 4. The van der Waals surface area contributed by atoms with Crippen LogP contribution in [0.4, 0.5) is 5.69 Å². The number of nitrogens with one attached hydrogen (secondary N) is 2. The van der Waals surface area contributed by atoms with Crippen LogP contribution in [0.2, 0.25) is 5.02 Å². The fourth-order valence-electron chi connectivity index (χ4n) is 5.35. The van der Waals surface area contributed by atoms with Gasteiger partial charge < -0.3 is 10.1 Å². The molecule has 1 amide bonds. The molecule has 3 rings (SSSR count). The number of anilines is 1. The zero-order valence-corrected chi connectivity index (χ0v) is 28.2. The number of carbonyl (C=O) groups is 2. The van der Waals surface area contributed by atoms with E-state index < -0.39 is 0 Å². The second-order valence-electron chi connectivity index (χ2n) is 13.0. The average molecular weight is 628 g/mol. The monoisotopic (exact) mass is 627 g/mol. The van der Waals surface area contributed by atoms with Crippen LogP contribution >= 0.6 is 11.6 Å². The van der Waals surface area contributed by atoms with E-state index in [-0.39, 0.29) is 30.3 Å². The summed E-state index contributed by atoms with van der Waals surface area (Å²) in [5.41, 5.74) is 2.65. The van der Waals surface area contributed by atoms with Crippen LogP contribution in [0, 0.1) is 0 Å². The number of hydrogen-bond donors (Lipinski definition) is 2. The lowest BCUT2D eigenvalue weighted by Gasteiger charge is -2.16. The van der Waals surface area contributed by atoms with Crippen molar-refractivity contribution < 1.29 is 14.3 Å². The Balaban J connectivity index is 1.23. The zero-order valence-electron chi connectivity index (χ0n) is 27.5. The number of halogens is 1. The van der Waals surface area contributed by atoms with Crippen LogP contribution in [0.15, 0.2) is 24.3 Å². The van der Waals surface area contributed by atoms with Gasteiger partial charge >= 0.3 is 5.97 Å². The molecule has 1 aromatic carbocycles. The highest BCUT2D eigenvalue weighted by Gasteiger charge is 2.24. The number of nitrogens with zero attached hydrogens (tertiary/aromatic N) is 3. The van der Waals surface area contributed by atoms with Gasteiger partial charge in [0, 0.05) is 23.1 Å². The molecule has 44 heavy (non-hydrogen) atoms. The molecule has 0 spiro atoms. The van der Waals surface area contributed by atoms with Crippen molar-refractivity contribution in [1.29, 1.82) is 0 Å². The predicted octanol–water partition coefficient (Wildman–Crippen LogP) is 9.81. The van der Waals surface area contributed by atoms with E-state index in [4.69, 9.17) is 16.3 Å². The van der Waals surface area contributed by atoms with Crippen LogP contribution in [0.25, 0.3) is 17.0 Å². The van der Waals surface area contributed by atoms with Crippen LogP contribution in [-0.2, 0) is 19.7 Å². The van der Waals surface area contributed by atoms with Gasteiger partial charge in [0.1, 0.15) is 11.6 Å². The minimum Gasteiger partial charge on any atom is -0.465 e. The lowest BCUT2D eigenvalue weighted by molar-refractivity contribution is -0.144. The lowest BCUT2D eigenvalue weighted by Crippen LogP contribution is -2.16. The Hall–Kier alpha value is -2.87. The van der Waals surface area contributed by atoms with E-state index in [2.05, 4.69) is 48.2 Å². The quantitative estimate of drug-likeness (QED) is 0.0904. The molecule has 0 bridgehead atoms. The molecule has 0 fully saturated rings. The van der Waals surface area contributed by atoms with E-state index in [0.29, 0.717) is 28.6 Å². The number of esters is 1. The third-order valence-electron chi connectivity index (χ3n) is 7.97. The number of aromatic amines is 1. The molecule has 3 aromatic rings. The molecule has 0 aliphatic heterocycles. The smallest absolute Gasteiger partial charge is 0.305 e. The Kier molecular flexibility index (Phi) is 15.2. The number of benzene rings is 1. The molecule has 2 heterocycles. The molecule has 2 N–H and O–H groups in total. The SMILES string of the molecule is CCCCCCCCCCCCCCCCCC(=O)OCCC(=O)Nc1cccc(-c2nc3c(Cl)c(C(C)(C)C)[nH]n3n2)c1. The highest BCUT2D eigenvalue weighted by molar-refractivity contribution is 6.34. The molecule has 0 saturated heterocycles. The van der Waals surface area contributed by atoms with Gasteiger partial charge in [0.05, 0.1) is 12.1 Å². The lowest BCUT2D eigenvalue weighted by atomic mass is 9.92. The van der Waals surface area contributed by atoms with Crippen molar-refractivity contribution in [2.24, 2.45) is 0 Å². The topological polar surface area (TPSA) is 101 Å². The molecular formula is C35H54ClN5O3. The number of H-pyrrole nitrogens is 1. The largest absolute Gasteiger partial charge is 0.465 e. The Morgan fingerprint density at radius 1 is 0.886 bits per heavy atom. The number of carbonyl (C=O) groups excluding carboxylic acids is 2. The van der Waals surface area contributed by atoms with Crippen molar-refractivity contribution in [3.8, 4) is 11.4 Å². The van der Waals surface area contributed by atoms with Crippen molar-refractivity contribution >= 4 is 34.8 Å². The van der Waals surface area contributed by atoms with E-state index in [1.165, 1.54) is 83.5 Å². The number of rotatable bonds is 21. The molecule has 0 aliphatic carbocycles. The summed E-state index contributed by atoms with van der Waals surface area (Å²) >= 11 is 6.55. The molecule has 8 nitrogen and oxygen atoms in total. The van der Waals surface area contributed by atoms with E-state index in [1.807, 2.05) is 18.2 Å². The maximum atomic E-state index is 12.5. The second kappa shape index (κ2) is 18.8. The number of hydrogen-bond acceptors (Lipinski definition) is 5. The zero-order chi connectivity index (χ0) is 31.8. The van der Waals surface area contributed by atoms with Crippen LogP contribution < -0.4 is 5.32 Å². The first-order valence-corrected chi connectivity index (χ1v) is 17.3. The van der Waals surface area contributed by atoms with Gasteiger partial charge in [-0.25, -0.2) is 4.98 Å². The molecule has 0 saturated carbocycles. The molecule has 9 heteroatoms. The molecule has 0 atom stereocenters. The Labute approximate surface area is 269 Å². The summed E-state index contributed by atoms with van der Waals surface area (Å²) in [5, 5.41) is 11.2. The van der Waals surface area contributed by atoms with Crippen LogP contribution in [-0.4, -0.2) is 38.3 Å². The number of amides is 1. The third-order valence-corrected chi connectivity index (χ3v) is 8.33. The standard InChI is InChI=1S/C35H54ClN5O3/c1-5-6-7-8-9-10-11-12-13-14-15-16-17-18-19-23-30(43)44-25-24-29(42)37-28-22-20-21-27(26-28)33-38-34-31(36)32(35(2,3)4)39-41(34)40-33/h20-22,26,39H,5-19,23-25H2,1-4H3,(H,37,42). The maximum Gasteiger partial charge on any atom is 0.305 e. The van der Waals surface area contributed by atoms with E-state index in [9.17, 15) is 9.59 Å². The summed E-state index contributed by atoms with van der Waals surface area (Å²) in [6.45, 7) is 8.55. The van der Waals surface area contributed by atoms with Gasteiger partial charge in [-0.2, -0.15) is 4.63 Å². The summed E-state index contributed by atoms with van der Waals surface area (Å²) in [6, 6.07) is 7.33. The fourth-order valence-corrected chi connectivity index (χ4v) is 5.80. The number of ether oxygens (including phenoxy) is 1. The van der Waals surface area contributed by atoms with Crippen molar-refractivity contribution in [3.63, 3.8) is 0 Å². The summed E-state index contributed by atoms with van der Waals surface area (Å²) in [4.78, 5) is 29.1. The first-order valence-electron chi connectivity index (χ1n) is 16.9. The highest BCUT2D eigenvalue weighted by atomic mass is 35.5. The molecule has 244 valence electrons. The van der Waals surface area contributed by atoms with Gasteiger partial charge in [-0.05, 0) is 18.6 Å². The summed E-state index contributed by atoms with van der Waals surface area (Å²) in [5.74, 6) is 0.0523. The van der Waals surface area contributed by atoms with Gasteiger partial charge in [-0.3, -0.25) is 14.7 Å². The van der Waals surface area contributed by atoms with Crippen LogP contribution in [0.5, 0.6) is 0 Å². The first-order chi connectivity index (χ1) is 21.2. The average Bonchev–Trinajstić information content (AvgIpc) is 3.54. The van der Waals surface area contributed by atoms with Crippen LogP contribution in [0.3, 0.4) is 0 Å². The minimum atomic E-state index is -0.232. The van der Waals surface area contributed by atoms with Crippen molar-refractivity contribution in [1.82, 2.24) is 19.8 Å². The third kappa shape index (κ3) is 12.3. The van der Waals surface area contributed by atoms with Gasteiger partial charge in [-0.15, -0.1) is 5.10 Å². The normalized spacial score (nSPS) is 11.8. The van der Waals surface area contributed by atoms with Crippen molar-refractivity contribution in [2.75, 3.05) is 11.9 Å². The Morgan fingerprint density at radius 3 is 2.05 bits per heavy atom. The summed E-state index contributed by atoms with van der Waals surface area (Å²) in [7, 11) is 0. The Bertz CT molecular complexity index is 1290. The number of unbranched alkanes of at least 4 members (excludes halogenated alkanes) is 14. The molecule has 0 unspecified atom stereocenters. The summed E-state index contributed by atoms with van der Waals surface area (Å²) < 4.78 is 6.87. The second-order valence-corrected chi connectivity index (χ2v) is 13.4. The predicted molar refractivity (Wildman–Crippen MR) is 180 cm³/mol. The van der Waals surface area contributed by atoms with Gasteiger partial charge in [-0.1, -0.05) is 141 Å². The first kappa shape index (κ1) is 35.6. The van der Waals surface area contributed by atoms with Crippen molar-refractivity contribution in [2.45, 2.75) is 142 Å².